The van der Waals surface area contributed by atoms with E-state index in [9.17, 15) is 18.6 Å². The molecule has 2 atom stereocenters. The molecule has 0 aliphatic heterocycles. The maximum Gasteiger partial charge on any atom is 0.267 e. The number of aliphatic hydroxyl groups excluding tert-OH is 2. The van der Waals surface area contributed by atoms with Crippen molar-refractivity contribution < 1.29 is 32.7 Å². The molecule has 0 spiro atoms. The lowest BCUT2D eigenvalue weighted by molar-refractivity contribution is -0.0208. The molecule has 0 aromatic carbocycles. The van der Waals surface area contributed by atoms with Crippen molar-refractivity contribution in [3.05, 3.63) is 0 Å². The third-order valence-electron chi connectivity index (χ3n) is 5.02. The second-order valence-corrected chi connectivity index (χ2v) is 10.0. The highest BCUT2D eigenvalue weighted by atomic mass is 32.2. The predicted octanol–water partition coefficient (Wildman–Crippen LogP) is 2.87. The number of hydrogen-bond donors (Lipinski definition) is 3. The monoisotopic (exact) mass is 469 g/mol. The van der Waals surface area contributed by atoms with Crippen LogP contribution in [0.15, 0.2) is 0 Å². The molecule has 0 aromatic heterocycles. The highest BCUT2D eigenvalue weighted by molar-refractivity contribution is 7.85. The van der Waals surface area contributed by atoms with Gasteiger partial charge in [-0.25, -0.2) is 0 Å². The van der Waals surface area contributed by atoms with E-state index in [0.29, 0.717) is 26.2 Å². The molecule has 9 heteroatoms. The van der Waals surface area contributed by atoms with Gasteiger partial charge in [0.25, 0.3) is 10.1 Å². The second kappa shape index (κ2) is 20.3. The lowest BCUT2D eigenvalue weighted by Crippen LogP contribution is -2.34. The molecule has 8 nitrogen and oxygen atoms in total. The quantitative estimate of drug-likeness (QED) is 0.154. The standard InChI is InChI=1S/C22H47NO7S/c1-3-4-5-6-7-8-9-10-11-12-15-29-18-22(25)19-30-16-13-14-23(2)17-21(24)20-31(26,27)28/h21-22,24-25H,3-20H2,1-2H3,(H,26,27,28). The summed E-state index contributed by atoms with van der Waals surface area (Å²) >= 11 is 0. The third-order valence-corrected chi connectivity index (χ3v) is 5.82. The van der Waals surface area contributed by atoms with Crippen molar-refractivity contribution >= 4 is 10.1 Å². The van der Waals surface area contributed by atoms with Crippen LogP contribution in [-0.2, 0) is 19.6 Å². The summed E-state index contributed by atoms with van der Waals surface area (Å²) in [5, 5.41) is 19.5. The van der Waals surface area contributed by atoms with E-state index in [1.807, 2.05) is 0 Å². The molecule has 0 aliphatic rings. The molecular formula is C22H47NO7S. The topological polar surface area (TPSA) is 117 Å². The molecule has 3 N–H and O–H groups in total. The first-order valence-electron chi connectivity index (χ1n) is 11.9. The number of unbranched alkanes of at least 4 members (excludes halogenated alkanes) is 9. The Morgan fingerprint density at radius 2 is 1.26 bits per heavy atom. The Balaban J connectivity index is 3.40. The van der Waals surface area contributed by atoms with Gasteiger partial charge in [-0.1, -0.05) is 64.7 Å². The lowest BCUT2D eigenvalue weighted by atomic mass is 10.1. The van der Waals surface area contributed by atoms with Crippen LogP contribution in [0.2, 0.25) is 0 Å². The molecule has 0 aromatic rings. The molecule has 0 aliphatic carbocycles. The van der Waals surface area contributed by atoms with Gasteiger partial charge in [-0.05, 0) is 19.9 Å². The van der Waals surface area contributed by atoms with Crippen LogP contribution < -0.4 is 0 Å². The number of aliphatic hydroxyl groups is 2. The van der Waals surface area contributed by atoms with E-state index in [1.165, 1.54) is 57.8 Å². The van der Waals surface area contributed by atoms with Gasteiger partial charge in [-0.15, -0.1) is 0 Å². The summed E-state index contributed by atoms with van der Waals surface area (Å²) in [5.41, 5.74) is 0. The van der Waals surface area contributed by atoms with Crippen molar-refractivity contribution in [2.24, 2.45) is 0 Å². The largest absolute Gasteiger partial charge is 0.391 e. The molecule has 0 rings (SSSR count). The van der Waals surface area contributed by atoms with Gasteiger partial charge in [0.15, 0.2) is 0 Å². The Kier molecular flexibility index (Phi) is 20.1. The van der Waals surface area contributed by atoms with Crippen molar-refractivity contribution in [2.75, 3.05) is 52.3 Å². The van der Waals surface area contributed by atoms with Gasteiger partial charge in [0.1, 0.15) is 11.9 Å². The summed E-state index contributed by atoms with van der Waals surface area (Å²) in [6.45, 7) is 4.61. The van der Waals surface area contributed by atoms with Gasteiger partial charge >= 0.3 is 0 Å². The first-order chi connectivity index (χ1) is 14.7. The Labute approximate surface area is 190 Å². The zero-order chi connectivity index (χ0) is 23.4. The first-order valence-corrected chi connectivity index (χ1v) is 13.5. The van der Waals surface area contributed by atoms with Crippen molar-refractivity contribution in [1.29, 1.82) is 0 Å². The average Bonchev–Trinajstić information content (AvgIpc) is 2.67. The minimum absolute atomic E-state index is 0.148. The highest BCUT2D eigenvalue weighted by Gasteiger charge is 2.15. The molecule has 0 bridgehead atoms. The van der Waals surface area contributed by atoms with Crippen molar-refractivity contribution in [3.8, 4) is 0 Å². The maximum absolute atomic E-state index is 10.7. The van der Waals surface area contributed by atoms with Crippen molar-refractivity contribution in [2.45, 2.75) is 89.8 Å². The van der Waals surface area contributed by atoms with E-state index in [-0.39, 0.29) is 19.8 Å². The molecule has 0 heterocycles. The van der Waals surface area contributed by atoms with Gasteiger partial charge in [0.2, 0.25) is 0 Å². The zero-order valence-electron chi connectivity index (χ0n) is 19.7. The summed E-state index contributed by atoms with van der Waals surface area (Å²) in [4.78, 5) is 1.77. The van der Waals surface area contributed by atoms with Gasteiger partial charge in [-0.3, -0.25) is 4.55 Å². The fourth-order valence-electron chi connectivity index (χ4n) is 3.36. The van der Waals surface area contributed by atoms with E-state index < -0.39 is 28.1 Å². The van der Waals surface area contributed by atoms with Gasteiger partial charge in [0, 0.05) is 26.3 Å². The molecule has 0 amide bonds. The Morgan fingerprint density at radius 1 is 0.774 bits per heavy atom. The minimum atomic E-state index is -4.17. The van der Waals surface area contributed by atoms with Crippen LogP contribution >= 0.6 is 0 Å². The first kappa shape index (κ1) is 30.7. The Bertz CT molecular complexity index is 490. The van der Waals surface area contributed by atoms with E-state index in [1.54, 1.807) is 11.9 Å². The molecule has 0 saturated heterocycles. The van der Waals surface area contributed by atoms with E-state index in [0.717, 1.165) is 6.42 Å². The normalized spacial score (nSPS) is 14.3. The molecule has 188 valence electrons. The molecule has 2 unspecified atom stereocenters. The van der Waals surface area contributed by atoms with Crippen LogP contribution in [0, 0.1) is 0 Å². The maximum atomic E-state index is 10.7. The predicted molar refractivity (Wildman–Crippen MR) is 124 cm³/mol. The highest BCUT2D eigenvalue weighted by Crippen LogP contribution is 2.10. The summed E-state index contributed by atoms with van der Waals surface area (Å²) in [5.74, 6) is -0.668. The van der Waals surface area contributed by atoms with E-state index in [2.05, 4.69) is 6.92 Å². The SMILES string of the molecule is CCCCCCCCCCCCOCC(O)COCCCN(C)CC(O)CS(=O)(=O)O. The minimum Gasteiger partial charge on any atom is -0.391 e. The van der Waals surface area contributed by atoms with Crippen LogP contribution in [0.4, 0.5) is 0 Å². The van der Waals surface area contributed by atoms with Crippen LogP contribution in [0.1, 0.15) is 77.6 Å². The Morgan fingerprint density at radius 3 is 1.77 bits per heavy atom. The lowest BCUT2D eigenvalue weighted by Gasteiger charge is -2.19. The van der Waals surface area contributed by atoms with Crippen molar-refractivity contribution in [3.63, 3.8) is 0 Å². The van der Waals surface area contributed by atoms with Gasteiger partial charge in [-0.2, -0.15) is 8.42 Å². The molecule has 0 radical (unpaired) electrons. The van der Waals surface area contributed by atoms with Crippen LogP contribution in [0.3, 0.4) is 0 Å². The summed E-state index contributed by atoms with van der Waals surface area (Å²) in [7, 11) is -2.42. The number of ether oxygens (including phenoxy) is 2. The molecule has 31 heavy (non-hydrogen) atoms. The van der Waals surface area contributed by atoms with Gasteiger partial charge < -0.3 is 24.6 Å². The van der Waals surface area contributed by atoms with Crippen LogP contribution in [-0.4, -0.2) is 92.6 Å². The smallest absolute Gasteiger partial charge is 0.267 e. The summed E-state index contributed by atoms with van der Waals surface area (Å²) < 4.78 is 41.1. The molecular weight excluding hydrogens is 422 g/mol. The van der Waals surface area contributed by atoms with Crippen LogP contribution in [0.5, 0.6) is 0 Å². The molecule has 0 saturated carbocycles. The fourth-order valence-corrected chi connectivity index (χ4v) is 3.95. The fraction of sp³-hybridized carbons (Fsp3) is 1.00. The second-order valence-electron chi connectivity index (χ2n) is 8.50. The average molecular weight is 470 g/mol. The van der Waals surface area contributed by atoms with Crippen LogP contribution in [0.25, 0.3) is 0 Å². The van der Waals surface area contributed by atoms with E-state index in [4.69, 9.17) is 14.0 Å². The summed E-state index contributed by atoms with van der Waals surface area (Å²) in [6, 6.07) is 0. The van der Waals surface area contributed by atoms with Gasteiger partial charge in [0.05, 0.1) is 19.3 Å². The number of likely N-dealkylation sites (N-methyl/N-ethyl adjacent to an activating group) is 1. The summed E-state index contributed by atoms with van der Waals surface area (Å²) in [6.07, 6.45) is 11.8. The number of nitrogens with zero attached hydrogens (tertiary/aromatic N) is 1. The Hall–Kier alpha value is -0.290. The zero-order valence-corrected chi connectivity index (χ0v) is 20.5. The molecule has 0 fully saturated rings. The van der Waals surface area contributed by atoms with Crippen molar-refractivity contribution in [1.82, 2.24) is 4.90 Å². The number of hydrogen-bond acceptors (Lipinski definition) is 7. The third kappa shape index (κ3) is 24.2. The van der Waals surface area contributed by atoms with E-state index >= 15 is 0 Å². The number of rotatable bonds is 23.